The number of aromatic amines is 1. The number of hydrogen-bond acceptors (Lipinski definition) is 4. The monoisotopic (exact) mass is 224 g/mol. The van der Waals surface area contributed by atoms with Gasteiger partial charge in [0.1, 0.15) is 12.9 Å². The number of rotatable bonds is 2. The maximum Gasteiger partial charge on any atom is 0.327 e. The van der Waals surface area contributed by atoms with Crippen LogP contribution in [0.4, 0.5) is 0 Å². The van der Waals surface area contributed by atoms with Crippen LogP contribution in [0, 0.1) is 0 Å². The first-order valence-electron chi connectivity index (χ1n) is 4.36. The molecule has 0 aliphatic heterocycles. The highest BCUT2D eigenvalue weighted by Crippen LogP contribution is 1.98. The lowest BCUT2D eigenvalue weighted by Crippen LogP contribution is -2.24. The third-order valence-electron chi connectivity index (χ3n) is 2.18. The molecular formula is C8H8N4O4. The Morgan fingerprint density at radius 3 is 2.88 bits per heavy atom. The van der Waals surface area contributed by atoms with Crippen molar-refractivity contribution in [1.29, 1.82) is 0 Å². The summed E-state index contributed by atoms with van der Waals surface area (Å²) in [5, 5.41) is 8.56. The van der Waals surface area contributed by atoms with Crippen LogP contribution >= 0.6 is 0 Å². The summed E-state index contributed by atoms with van der Waals surface area (Å²) in [6.07, 6.45) is 1.10. The van der Waals surface area contributed by atoms with Crippen LogP contribution in [0.1, 0.15) is 0 Å². The van der Waals surface area contributed by atoms with Crippen molar-refractivity contribution in [2.75, 3.05) is 0 Å². The second kappa shape index (κ2) is 3.33. The van der Waals surface area contributed by atoms with Crippen molar-refractivity contribution in [1.82, 2.24) is 19.1 Å². The standard InChI is InChI=1S/C8H8N4O4/c1-11-6-5(10-8(11)16)7(15)12(3-9-6)2-4(13)14/h3H,2H2,1H3,(H,10,16)(H,13,14). The summed E-state index contributed by atoms with van der Waals surface area (Å²) in [6.45, 7) is -0.487. The minimum absolute atomic E-state index is 0.0104. The van der Waals surface area contributed by atoms with E-state index in [2.05, 4.69) is 9.97 Å². The van der Waals surface area contributed by atoms with Crippen molar-refractivity contribution < 1.29 is 9.90 Å². The van der Waals surface area contributed by atoms with Gasteiger partial charge in [0.05, 0.1) is 0 Å². The van der Waals surface area contributed by atoms with E-state index in [0.717, 1.165) is 10.9 Å². The normalized spacial score (nSPS) is 10.8. The fraction of sp³-hybridized carbons (Fsp3) is 0.250. The summed E-state index contributed by atoms with van der Waals surface area (Å²) in [5.41, 5.74) is -0.828. The molecule has 0 saturated heterocycles. The molecule has 16 heavy (non-hydrogen) atoms. The number of carboxylic acid groups (broad SMARTS) is 1. The Kier molecular flexibility index (Phi) is 2.11. The Hall–Kier alpha value is -2.38. The molecule has 0 aromatic carbocycles. The second-order valence-corrected chi connectivity index (χ2v) is 3.26. The van der Waals surface area contributed by atoms with E-state index in [1.54, 1.807) is 0 Å². The molecule has 0 amide bonds. The Labute approximate surface area is 87.8 Å². The molecule has 0 fully saturated rings. The Morgan fingerprint density at radius 1 is 1.56 bits per heavy atom. The lowest BCUT2D eigenvalue weighted by atomic mass is 10.5. The van der Waals surface area contributed by atoms with Crippen LogP contribution < -0.4 is 11.2 Å². The number of carbonyl (C=O) groups is 1. The molecule has 0 radical (unpaired) electrons. The SMILES string of the molecule is Cn1c(=O)[nH]c2c(=O)n(CC(=O)O)cnc21. The summed E-state index contributed by atoms with van der Waals surface area (Å²) in [4.78, 5) is 39.6. The largest absolute Gasteiger partial charge is 0.480 e. The molecule has 8 heteroatoms. The molecule has 2 aromatic heterocycles. The first-order valence-corrected chi connectivity index (χ1v) is 4.36. The smallest absolute Gasteiger partial charge is 0.327 e. The molecule has 0 spiro atoms. The molecule has 84 valence electrons. The van der Waals surface area contributed by atoms with Gasteiger partial charge in [-0.05, 0) is 0 Å². The van der Waals surface area contributed by atoms with Gasteiger partial charge in [0.15, 0.2) is 11.2 Å². The van der Waals surface area contributed by atoms with E-state index in [1.165, 1.54) is 11.6 Å². The number of aromatic nitrogens is 4. The van der Waals surface area contributed by atoms with Crippen molar-refractivity contribution in [3.63, 3.8) is 0 Å². The zero-order valence-electron chi connectivity index (χ0n) is 8.30. The number of hydrogen-bond donors (Lipinski definition) is 2. The number of H-pyrrole nitrogens is 1. The average Bonchev–Trinajstić information content (AvgIpc) is 2.49. The van der Waals surface area contributed by atoms with Gasteiger partial charge >= 0.3 is 11.7 Å². The van der Waals surface area contributed by atoms with Gasteiger partial charge in [-0.1, -0.05) is 0 Å². The highest BCUT2D eigenvalue weighted by Gasteiger charge is 2.11. The molecule has 8 nitrogen and oxygen atoms in total. The van der Waals surface area contributed by atoms with Gasteiger partial charge in [-0.2, -0.15) is 0 Å². The van der Waals surface area contributed by atoms with Crippen LogP contribution in [0.2, 0.25) is 0 Å². The Bertz CT molecular complexity index is 677. The van der Waals surface area contributed by atoms with Crippen LogP contribution in [-0.2, 0) is 18.4 Å². The summed E-state index contributed by atoms with van der Waals surface area (Å²) in [7, 11) is 1.47. The van der Waals surface area contributed by atoms with Gasteiger partial charge < -0.3 is 5.11 Å². The number of imidazole rings is 1. The summed E-state index contributed by atoms with van der Waals surface area (Å²) < 4.78 is 2.10. The van der Waals surface area contributed by atoms with E-state index < -0.39 is 23.8 Å². The molecular weight excluding hydrogens is 216 g/mol. The Morgan fingerprint density at radius 2 is 2.25 bits per heavy atom. The van der Waals surface area contributed by atoms with Crippen LogP contribution in [-0.4, -0.2) is 30.2 Å². The van der Waals surface area contributed by atoms with Gasteiger partial charge in [-0.25, -0.2) is 9.78 Å². The number of nitrogens with one attached hydrogen (secondary N) is 1. The summed E-state index contributed by atoms with van der Waals surface area (Å²) >= 11 is 0. The first-order chi connectivity index (χ1) is 7.50. The predicted octanol–water partition coefficient (Wildman–Crippen LogP) is -1.49. The topological polar surface area (TPSA) is 110 Å². The Balaban J connectivity index is 2.75. The molecule has 2 aromatic rings. The number of aryl methyl sites for hydroxylation is 1. The summed E-state index contributed by atoms with van der Waals surface area (Å²) in [6, 6.07) is 0. The van der Waals surface area contributed by atoms with E-state index in [0.29, 0.717) is 0 Å². The number of carboxylic acids is 1. The van der Waals surface area contributed by atoms with Crippen LogP contribution in [0.5, 0.6) is 0 Å². The second-order valence-electron chi connectivity index (χ2n) is 3.26. The van der Waals surface area contributed by atoms with Gasteiger partial charge in [0, 0.05) is 7.05 Å². The zero-order chi connectivity index (χ0) is 11.9. The quantitative estimate of drug-likeness (QED) is 0.645. The van der Waals surface area contributed by atoms with E-state index in [9.17, 15) is 14.4 Å². The van der Waals surface area contributed by atoms with Crippen molar-refractivity contribution in [3.05, 3.63) is 27.2 Å². The maximum absolute atomic E-state index is 11.7. The van der Waals surface area contributed by atoms with E-state index in [-0.39, 0.29) is 11.2 Å². The molecule has 0 aliphatic rings. The highest BCUT2D eigenvalue weighted by atomic mass is 16.4. The minimum atomic E-state index is -1.15. The lowest BCUT2D eigenvalue weighted by Gasteiger charge is -2.00. The van der Waals surface area contributed by atoms with E-state index in [1.807, 2.05) is 0 Å². The summed E-state index contributed by atoms with van der Waals surface area (Å²) in [5.74, 6) is -1.15. The molecule has 2 rings (SSSR count). The first kappa shape index (κ1) is 10.1. The molecule has 0 bridgehead atoms. The van der Waals surface area contributed by atoms with Gasteiger partial charge in [0.2, 0.25) is 0 Å². The third kappa shape index (κ3) is 1.40. The van der Waals surface area contributed by atoms with Gasteiger partial charge in [-0.15, -0.1) is 0 Å². The van der Waals surface area contributed by atoms with E-state index in [4.69, 9.17) is 5.11 Å². The van der Waals surface area contributed by atoms with Crippen molar-refractivity contribution in [3.8, 4) is 0 Å². The van der Waals surface area contributed by atoms with Gasteiger partial charge in [-0.3, -0.25) is 23.7 Å². The maximum atomic E-state index is 11.7. The third-order valence-corrected chi connectivity index (χ3v) is 2.18. The van der Waals surface area contributed by atoms with Crippen LogP contribution in [0.15, 0.2) is 15.9 Å². The number of aliphatic carboxylic acids is 1. The number of fused-ring (bicyclic) bond motifs is 1. The zero-order valence-corrected chi connectivity index (χ0v) is 8.30. The minimum Gasteiger partial charge on any atom is -0.480 e. The predicted molar refractivity (Wildman–Crippen MR) is 53.2 cm³/mol. The molecule has 2 N–H and O–H groups in total. The van der Waals surface area contributed by atoms with E-state index >= 15 is 0 Å². The van der Waals surface area contributed by atoms with Crippen molar-refractivity contribution >= 4 is 17.1 Å². The fourth-order valence-corrected chi connectivity index (χ4v) is 1.39. The molecule has 0 atom stereocenters. The molecule has 0 unspecified atom stereocenters. The number of nitrogens with zero attached hydrogens (tertiary/aromatic N) is 3. The van der Waals surface area contributed by atoms with Crippen LogP contribution in [0.25, 0.3) is 11.2 Å². The molecule has 0 saturated carbocycles. The average molecular weight is 224 g/mol. The van der Waals surface area contributed by atoms with Crippen molar-refractivity contribution in [2.24, 2.45) is 7.05 Å². The highest BCUT2D eigenvalue weighted by molar-refractivity contribution is 5.70. The molecule has 2 heterocycles. The lowest BCUT2D eigenvalue weighted by molar-refractivity contribution is -0.137. The fourth-order valence-electron chi connectivity index (χ4n) is 1.39. The van der Waals surface area contributed by atoms with Crippen LogP contribution in [0.3, 0.4) is 0 Å². The van der Waals surface area contributed by atoms with Gasteiger partial charge in [0.25, 0.3) is 5.56 Å². The molecule has 0 aliphatic carbocycles. The van der Waals surface area contributed by atoms with Crippen molar-refractivity contribution in [2.45, 2.75) is 6.54 Å².